The number of nitrogens with zero attached hydrogens (tertiary/aromatic N) is 2. The number of halogens is 2. The maximum absolute atomic E-state index is 13.9. The molecule has 0 aliphatic heterocycles. The van der Waals surface area contributed by atoms with Crippen LogP contribution in [0.5, 0.6) is 0 Å². The van der Waals surface area contributed by atoms with Gasteiger partial charge in [0.1, 0.15) is 11.6 Å². The Labute approximate surface area is 123 Å². The minimum Gasteiger partial charge on any atom is -0.324 e. The van der Waals surface area contributed by atoms with Gasteiger partial charge >= 0.3 is 0 Å². The number of pyridine rings is 1. The lowest BCUT2D eigenvalue weighted by atomic mass is 10.2. The highest BCUT2D eigenvalue weighted by Crippen LogP contribution is 2.27. The molecule has 3 nitrogen and oxygen atoms in total. The van der Waals surface area contributed by atoms with Crippen LogP contribution in [-0.2, 0) is 6.54 Å². The number of benzene rings is 1. The van der Waals surface area contributed by atoms with Crippen LogP contribution in [0.15, 0.2) is 36.4 Å². The van der Waals surface area contributed by atoms with E-state index < -0.39 is 0 Å². The van der Waals surface area contributed by atoms with Crippen LogP contribution in [0.2, 0.25) is 5.02 Å². The minimum absolute atomic E-state index is 0.263. The van der Waals surface area contributed by atoms with Gasteiger partial charge in [0.2, 0.25) is 0 Å². The zero-order chi connectivity index (χ0) is 14.5. The van der Waals surface area contributed by atoms with Crippen LogP contribution >= 0.6 is 11.6 Å². The average Bonchev–Trinajstić information content (AvgIpc) is 2.45. The second-order valence-electron chi connectivity index (χ2n) is 4.32. The van der Waals surface area contributed by atoms with Crippen LogP contribution in [0.3, 0.4) is 0 Å². The third kappa shape index (κ3) is 3.08. The summed E-state index contributed by atoms with van der Waals surface area (Å²) in [7, 11) is 1.83. The predicted octanol–water partition coefficient (Wildman–Crippen LogP) is 3.75. The van der Waals surface area contributed by atoms with E-state index >= 15 is 0 Å². The van der Waals surface area contributed by atoms with E-state index in [2.05, 4.69) is 10.3 Å². The molecular weight excluding hydrogens is 277 g/mol. The number of rotatable bonds is 5. The Morgan fingerprint density at radius 2 is 2.00 bits per heavy atom. The Morgan fingerprint density at radius 3 is 2.65 bits per heavy atom. The van der Waals surface area contributed by atoms with E-state index in [0.717, 1.165) is 5.69 Å². The first-order chi connectivity index (χ1) is 9.67. The summed E-state index contributed by atoms with van der Waals surface area (Å²) in [5.41, 5.74) is 1.27. The summed E-state index contributed by atoms with van der Waals surface area (Å²) >= 11 is 6.11. The second kappa shape index (κ2) is 6.68. The number of anilines is 2. The molecule has 20 heavy (non-hydrogen) atoms. The molecule has 0 aliphatic carbocycles. The molecule has 0 bridgehead atoms. The van der Waals surface area contributed by atoms with Crippen molar-refractivity contribution in [3.63, 3.8) is 0 Å². The molecule has 2 aromatic rings. The monoisotopic (exact) mass is 293 g/mol. The summed E-state index contributed by atoms with van der Waals surface area (Å²) < 4.78 is 13.9. The standard InChI is InChI=1S/C15H17ClFN3/c1-3-20(14-7-5-4-6-12(14)17)15-9-8-11(16)13(19-15)10-18-2/h4-9,18H,3,10H2,1-2H3. The summed E-state index contributed by atoms with van der Waals surface area (Å²) in [5.74, 6) is 0.425. The molecular formula is C15H17ClFN3. The molecule has 0 saturated carbocycles. The first-order valence-electron chi connectivity index (χ1n) is 6.49. The van der Waals surface area contributed by atoms with Gasteiger partial charge in [0.15, 0.2) is 0 Å². The van der Waals surface area contributed by atoms with Crippen molar-refractivity contribution in [3.8, 4) is 0 Å². The molecule has 0 unspecified atom stereocenters. The summed E-state index contributed by atoms with van der Waals surface area (Å²) in [5, 5.41) is 3.62. The molecule has 106 valence electrons. The molecule has 2 rings (SSSR count). The lowest BCUT2D eigenvalue weighted by Gasteiger charge is -2.23. The van der Waals surface area contributed by atoms with E-state index in [1.54, 1.807) is 24.3 Å². The molecule has 0 saturated heterocycles. The maximum Gasteiger partial charge on any atom is 0.146 e. The van der Waals surface area contributed by atoms with E-state index in [1.165, 1.54) is 6.07 Å². The first kappa shape index (κ1) is 14.8. The van der Waals surface area contributed by atoms with Crippen molar-refractivity contribution >= 4 is 23.1 Å². The molecule has 0 spiro atoms. The topological polar surface area (TPSA) is 28.2 Å². The molecule has 0 radical (unpaired) electrons. The third-order valence-corrected chi connectivity index (χ3v) is 3.33. The van der Waals surface area contributed by atoms with Crippen LogP contribution in [-0.4, -0.2) is 18.6 Å². The van der Waals surface area contributed by atoms with Gasteiger partial charge in [-0.05, 0) is 38.2 Å². The van der Waals surface area contributed by atoms with Crippen molar-refractivity contribution in [1.29, 1.82) is 0 Å². The van der Waals surface area contributed by atoms with Crippen molar-refractivity contribution in [2.45, 2.75) is 13.5 Å². The van der Waals surface area contributed by atoms with E-state index in [9.17, 15) is 4.39 Å². The molecule has 1 N–H and O–H groups in total. The highest BCUT2D eigenvalue weighted by molar-refractivity contribution is 6.31. The molecule has 0 aliphatic rings. The highest BCUT2D eigenvalue weighted by Gasteiger charge is 2.14. The Morgan fingerprint density at radius 1 is 1.25 bits per heavy atom. The van der Waals surface area contributed by atoms with Crippen LogP contribution in [0, 0.1) is 5.82 Å². The number of hydrogen-bond acceptors (Lipinski definition) is 3. The fourth-order valence-electron chi connectivity index (χ4n) is 2.04. The number of hydrogen-bond donors (Lipinski definition) is 1. The quantitative estimate of drug-likeness (QED) is 0.910. The predicted molar refractivity (Wildman–Crippen MR) is 81.1 cm³/mol. The Kier molecular flexibility index (Phi) is 4.93. The third-order valence-electron chi connectivity index (χ3n) is 2.98. The Hall–Kier alpha value is -1.65. The van der Waals surface area contributed by atoms with Crippen LogP contribution in [0.25, 0.3) is 0 Å². The zero-order valence-corrected chi connectivity index (χ0v) is 12.3. The molecule has 1 aromatic carbocycles. The van der Waals surface area contributed by atoms with Gasteiger partial charge in [-0.1, -0.05) is 23.7 Å². The number of para-hydroxylation sites is 1. The molecule has 0 amide bonds. The van der Waals surface area contributed by atoms with Gasteiger partial charge in [-0.2, -0.15) is 0 Å². The van der Waals surface area contributed by atoms with Crippen molar-refractivity contribution in [1.82, 2.24) is 10.3 Å². The van der Waals surface area contributed by atoms with Crippen LogP contribution in [0.4, 0.5) is 15.9 Å². The fraction of sp³-hybridized carbons (Fsp3) is 0.267. The highest BCUT2D eigenvalue weighted by atomic mass is 35.5. The van der Waals surface area contributed by atoms with Crippen molar-refractivity contribution in [3.05, 3.63) is 52.9 Å². The Bertz CT molecular complexity index is 589. The summed E-state index contributed by atoms with van der Waals surface area (Å²) in [6.45, 7) is 3.15. The normalized spacial score (nSPS) is 10.6. The van der Waals surface area contributed by atoms with Gasteiger partial charge in [-0.25, -0.2) is 9.37 Å². The van der Waals surface area contributed by atoms with Gasteiger partial charge in [0.25, 0.3) is 0 Å². The molecule has 1 heterocycles. The van der Waals surface area contributed by atoms with E-state index in [-0.39, 0.29) is 5.82 Å². The van der Waals surface area contributed by atoms with Crippen molar-refractivity contribution < 1.29 is 4.39 Å². The smallest absolute Gasteiger partial charge is 0.146 e. The lowest BCUT2D eigenvalue weighted by Crippen LogP contribution is -2.20. The number of aromatic nitrogens is 1. The average molecular weight is 294 g/mol. The van der Waals surface area contributed by atoms with Gasteiger partial charge < -0.3 is 10.2 Å². The van der Waals surface area contributed by atoms with Crippen LogP contribution in [0.1, 0.15) is 12.6 Å². The maximum atomic E-state index is 13.9. The van der Waals surface area contributed by atoms with Gasteiger partial charge in [-0.15, -0.1) is 0 Å². The van der Waals surface area contributed by atoms with Crippen LogP contribution < -0.4 is 10.2 Å². The van der Waals surface area contributed by atoms with Gasteiger partial charge in [0, 0.05) is 13.1 Å². The largest absolute Gasteiger partial charge is 0.324 e. The number of nitrogens with one attached hydrogen (secondary N) is 1. The van der Waals surface area contributed by atoms with Crippen molar-refractivity contribution in [2.75, 3.05) is 18.5 Å². The molecule has 1 aromatic heterocycles. The zero-order valence-electron chi connectivity index (χ0n) is 11.5. The summed E-state index contributed by atoms with van der Waals surface area (Å²) in [4.78, 5) is 6.34. The lowest BCUT2D eigenvalue weighted by molar-refractivity contribution is 0.625. The molecule has 0 fully saturated rings. The fourth-order valence-corrected chi connectivity index (χ4v) is 2.21. The second-order valence-corrected chi connectivity index (χ2v) is 4.73. The summed E-state index contributed by atoms with van der Waals surface area (Å²) in [6, 6.07) is 10.3. The van der Waals surface area contributed by atoms with E-state index in [4.69, 9.17) is 11.6 Å². The molecule has 5 heteroatoms. The van der Waals surface area contributed by atoms with Gasteiger partial charge in [0.05, 0.1) is 16.4 Å². The van der Waals surface area contributed by atoms with Gasteiger partial charge in [-0.3, -0.25) is 0 Å². The minimum atomic E-state index is -0.263. The SMILES string of the molecule is CCN(c1ccc(Cl)c(CNC)n1)c1ccccc1F. The molecule has 0 atom stereocenters. The van der Waals surface area contributed by atoms with E-state index in [1.807, 2.05) is 24.9 Å². The van der Waals surface area contributed by atoms with Crippen molar-refractivity contribution in [2.24, 2.45) is 0 Å². The van der Waals surface area contributed by atoms with E-state index in [0.29, 0.717) is 29.6 Å². The first-order valence-corrected chi connectivity index (χ1v) is 6.87. The summed E-state index contributed by atoms with van der Waals surface area (Å²) in [6.07, 6.45) is 0. The Balaban J connectivity index is 2.42.